The number of carbonyl (C=O) groups excluding carboxylic acids is 2. The minimum atomic E-state index is -0.863. The van der Waals surface area contributed by atoms with Crippen LogP contribution in [0.5, 0.6) is 0 Å². The van der Waals surface area contributed by atoms with Gasteiger partial charge in [0.2, 0.25) is 0 Å². The van der Waals surface area contributed by atoms with Gasteiger partial charge in [0.05, 0.1) is 6.07 Å². The normalized spacial score (nSPS) is 13.6. The van der Waals surface area contributed by atoms with Crippen molar-refractivity contribution in [3.63, 3.8) is 0 Å². The predicted octanol–water partition coefficient (Wildman–Crippen LogP) is -1.65. The lowest BCUT2D eigenvalue weighted by molar-refractivity contribution is -0.633. The lowest BCUT2D eigenvalue weighted by atomic mass is 9.90. The van der Waals surface area contributed by atoms with Gasteiger partial charge < -0.3 is 16.0 Å². The van der Waals surface area contributed by atoms with Crippen molar-refractivity contribution in [3.05, 3.63) is 0 Å². The average Bonchev–Trinajstić information content (AvgIpc) is 2.28. The van der Waals surface area contributed by atoms with E-state index in [4.69, 9.17) is 5.26 Å². The zero-order valence-electron chi connectivity index (χ0n) is 10.8. The second-order valence-electron chi connectivity index (χ2n) is 4.39. The van der Waals surface area contributed by atoms with Gasteiger partial charge in [0.1, 0.15) is 5.54 Å². The molecular weight excluding hydrogens is 220 g/mol. The van der Waals surface area contributed by atoms with Crippen molar-refractivity contribution < 1.29 is 14.9 Å². The molecule has 0 aromatic carbocycles. The molecule has 0 fully saturated rings. The quantitative estimate of drug-likeness (QED) is 0.519. The number of nitrogens with zero attached hydrogens (tertiary/aromatic N) is 1. The molecule has 0 radical (unpaired) electrons. The molecule has 0 unspecified atom stereocenters. The van der Waals surface area contributed by atoms with Crippen molar-refractivity contribution in [2.24, 2.45) is 5.92 Å². The molecule has 0 aliphatic carbocycles. The fourth-order valence-corrected chi connectivity index (χ4v) is 1.08. The van der Waals surface area contributed by atoms with Crippen LogP contribution in [0.15, 0.2) is 0 Å². The standard InChI is InChI=1S/C11H20N4O2/c1-8(2)11(3,7-12)15-10(17)6-14-5-9(16)13-4/h8,14H,5-6H2,1-4H3,(H,13,16)(H,15,17)/p+1/t11-/m0/s1. The first kappa shape index (κ1) is 15.4. The molecule has 2 amide bonds. The smallest absolute Gasteiger partial charge is 0.276 e. The maximum absolute atomic E-state index is 11.6. The zero-order chi connectivity index (χ0) is 13.5. The van der Waals surface area contributed by atoms with Gasteiger partial charge in [-0.3, -0.25) is 9.59 Å². The lowest BCUT2D eigenvalue weighted by Gasteiger charge is -2.26. The number of rotatable bonds is 6. The number of hydrogen-bond donors (Lipinski definition) is 3. The zero-order valence-corrected chi connectivity index (χ0v) is 10.8. The fourth-order valence-electron chi connectivity index (χ4n) is 1.08. The van der Waals surface area contributed by atoms with Crippen molar-refractivity contribution >= 4 is 11.8 Å². The fraction of sp³-hybridized carbons (Fsp3) is 0.727. The molecule has 0 aliphatic heterocycles. The predicted molar refractivity (Wildman–Crippen MR) is 62.7 cm³/mol. The van der Waals surface area contributed by atoms with E-state index >= 15 is 0 Å². The van der Waals surface area contributed by atoms with E-state index in [9.17, 15) is 9.59 Å². The van der Waals surface area contributed by atoms with Gasteiger partial charge in [0.25, 0.3) is 11.8 Å². The van der Waals surface area contributed by atoms with Crippen molar-refractivity contribution in [2.75, 3.05) is 20.1 Å². The molecular formula is C11H21N4O2+. The third kappa shape index (κ3) is 5.31. The van der Waals surface area contributed by atoms with Crippen LogP contribution in [0.2, 0.25) is 0 Å². The maximum Gasteiger partial charge on any atom is 0.276 e. The largest absolute Gasteiger partial charge is 0.354 e. The van der Waals surface area contributed by atoms with Gasteiger partial charge in [-0.2, -0.15) is 5.26 Å². The molecule has 96 valence electrons. The number of quaternary nitrogens is 1. The summed E-state index contributed by atoms with van der Waals surface area (Å²) >= 11 is 0. The van der Waals surface area contributed by atoms with Crippen LogP contribution in [0.25, 0.3) is 0 Å². The Kier molecular flexibility index (Phi) is 6.21. The summed E-state index contributed by atoms with van der Waals surface area (Å²) in [7, 11) is 1.54. The highest BCUT2D eigenvalue weighted by Gasteiger charge is 2.30. The number of likely N-dealkylation sites (N-methyl/N-ethyl adjacent to an activating group) is 1. The van der Waals surface area contributed by atoms with Crippen LogP contribution < -0.4 is 16.0 Å². The molecule has 1 atom stereocenters. The highest BCUT2D eigenvalue weighted by molar-refractivity contribution is 5.79. The van der Waals surface area contributed by atoms with E-state index < -0.39 is 5.54 Å². The minimum Gasteiger partial charge on any atom is -0.354 e. The molecule has 0 rings (SSSR count). The van der Waals surface area contributed by atoms with Gasteiger partial charge in [-0.25, -0.2) is 0 Å². The van der Waals surface area contributed by atoms with E-state index in [1.54, 1.807) is 19.3 Å². The molecule has 0 spiro atoms. The van der Waals surface area contributed by atoms with Crippen LogP contribution >= 0.6 is 0 Å². The van der Waals surface area contributed by atoms with E-state index in [1.165, 1.54) is 0 Å². The number of nitriles is 1. The van der Waals surface area contributed by atoms with E-state index in [2.05, 4.69) is 16.7 Å². The third-order valence-corrected chi connectivity index (χ3v) is 2.72. The van der Waals surface area contributed by atoms with Crippen LogP contribution in [0, 0.1) is 17.2 Å². The molecule has 17 heavy (non-hydrogen) atoms. The Morgan fingerprint density at radius 1 is 1.35 bits per heavy atom. The average molecular weight is 241 g/mol. The highest BCUT2D eigenvalue weighted by Crippen LogP contribution is 2.14. The van der Waals surface area contributed by atoms with Crippen molar-refractivity contribution in [1.82, 2.24) is 10.6 Å². The van der Waals surface area contributed by atoms with Crippen LogP contribution in [-0.4, -0.2) is 37.5 Å². The molecule has 4 N–H and O–H groups in total. The van der Waals surface area contributed by atoms with Crippen LogP contribution in [0.3, 0.4) is 0 Å². The van der Waals surface area contributed by atoms with Crippen LogP contribution in [0.1, 0.15) is 20.8 Å². The second kappa shape index (κ2) is 6.86. The molecule has 0 aliphatic rings. The maximum atomic E-state index is 11.6. The molecule has 0 aromatic rings. The Morgan fingerprint density at radius 3 is 2.29 bits per heavy atom. The summed E-state index contributed by atoms with van der Waals surface area (Å²) in [5.41, 5.74) is -0.863. The van der Waals surface area contributed by atoms with Crippen molar-refractivity contribution in [1.29, 1.82) is 5.26 Å². The van der Waals surface area contributed by atoms with Gasteiger partial charge in [0.15, 0.2) is 13.1 Å². The molecule has 6 heteroatoms. The van der Waals surface area contributed by atoms with Crippen LogP contribution in [0.4, 0.5) is 0 Å². The Bertz CT molecular complexity index is 322. The van der Waals surface area contributed by atoms with Crippen molar-refractivity contribution in [3.8, 4) is 6.07 Å². The summed E-state index contributed by atoms with van der Waals surface area (Å²) in [6.45, 7) is 5.77. The number of nitrogens with one attached hydrogen (secondary N) is 2. The summed E-state index contributed by atoms with van der Waals surface area (Å²) in [6.07, 6.45) is 0. The first-order chi connectivity index (χ1) is 7.85. The van der Waals surface area contributed by atoms with Gasteiger partial charge in [0, 0.05) is 7.05 Å². The topological polar surface area (TPSA) is 98.6 Å². The van der Waals surface area contributed by atoms with E-state index in [1.807, 2.05) is 13.8 Å². The molecule has 6 nitrogen and oxygen atoms in total. The number of hydrogen-bond acceptors (Lipinski definition) is 3. The van der Waals surface area contributed by atoms with Crippen molar-refractivity contribution in [2.45, 2.75) is 26.3 Å². The van der Waals surface area contributed by atoms with Gasteiger partial charge in [-0.1, -0.05) is 13.8 Å². The van der Waals surface area contributed by atoms with E-state index in [0.717, 1.165) is 0 Å². The summed E-state index contributed by atoms with van der Waals surface area (Å²) in [5, 5.41) is 15.7. The summed E-state index contributed by atoms with van der Waals surface area (Å²) in [5.74, 6) is -0.355. The summed E-state index contributed by atoms with van der Waals surface area (Å²) < 4.78 is 0. The van der Waals surface area contributed by atoms with Gasteiger partial charge in [-0.15, -0.1) is 0 Å². The molecule has 0 bridgehead atoms. The summed E-state index contributed by atoms with van der Waals surface area (Å²) in [6, 6.07) is 2.09. The Labute approximate surface area is 102 Å². The molecule has 0 saturated heterocycles. The van der Waals surface area contributed by atoms with Gasteiger partial charge in [-0.05, 0) is 12.8 Å². The van der Waals surface area contributed by atoms with Gasteiger partial charge >= 0.3 is 0 Å². The number of carbonyl (C=O) groups is 2. The third-order valence-electron chi connectivity index (χ3n) is 2.72. The first-order valence-electron chi connectivity index (χ1n) is 5.60. The molecule has 0 saturated carbocycles. The SMILES string of the molecule is CNC(=O)C[NH2+]CC(=O)N[C@@](C)(C#N)C(C)C. The second-order valence-corrected chi connectivity index (χ2v) is 4.39. The molecule has 0 aromatic heterocycles. The van der Waals surface area contributed by atoms with E-state index in [-0.39, 0.29) is 30.8 Å². The summed E-state index contributed by atoms with van der Waals surface area (Å²) in [4.78, 5) is 22.5. The Hall–Kier alpha value is -1.61. The monoisotopic (exact) mass is 241 g/mol. The number of amides is 2. The lowest BCUT2D eigenvalue weighted by Crippen LogP contribution is -2.89. The minimum absolute atomic E-state index is 0.0235. The Balaban J connectivity index is 4.10. The highest BCUT2D eigenvalue weighted by atomic mass is 16.2. The van der Waals surface area contributed by atoms with E-state index in [0.29, 0.717) is 0 Å². The number of nitrogens with two attached hydrogens (primary N) is 1. The first-order valence-corrected chi connectivity index (χ1v) is 5.60. The Morgan fingerprint density at radius 2 is 1.88 bits per heavy atom. The van der Waals surface area contributed by atoms with Crippen LogP contribution in [-0.2, 0) is 9.59 Å². The molecule has 0 heterocycles.